The highest BCUT2D eigenvalue weighted by Crippen LogP contribution is 2.46. The van der Waals surface area contributed by atoms with Gasteiger partial charge in [0.2, 0.25) is 0 Å². The Kier molecular flexibility index (Phi) is 3.88. The van der Waals surface area contributed by atoms with E-state index in [9.17, 15) is 13.2 Å². The normalized spacial score (nSPS) is 16.8. The zero-order chi connectivity index (χ0) is 15.0. The Morgan fingerprint density at radius 2 is 2.00 bits per heavy atom. The summed E-state index contributed by atoms with van der Waals surface area (Å²) in [5.74, 6) is 0.403. The molecule has 0 radical (unpaired) electrons. The summed E-state index contributed by atoms with van der Waals surface area (Å²) in [5.41, 5.74) is -0.616. The summed E-state index contributed by atoms with van der Waals surface area (Å²) < 4.78 is 39.4. The Morgan fingerprint density at radius 3 is 2.57 bits per heavy atom. The molecule has 1 atom stereocenters. The number of anilines is 1. The van der Waals surface area contributed by atoms with Gasteiger partial charge in [0, 0.05) is 15.6 Å². The van der Waals surface area contributed by atoms with Gasteiger partial charge in [0.1, 0.15) is 0 Å². The summed E-state index contributed by atoms with van der Waals surface area (Å²) >= 11 is 7.27. The molecule has 1 aliphatic carbocycles. The average molecular weight is 332 g/mol. The first-order valence-corrected chi connectivity index (χ1v) is 7.87. The molecule has 1 fully saturated rings. The number of halogens is 4. The molecule has 0 aliphatic heterocycles. The summed E-state index contributed by atoms with van der Waals surface area (Å²) in [6, 6.07) is 7.69. The molecule has 1 aliphatic rings. The van der Waals surface area contributed by atoms with Gasteiger partial charge in [-0.2, -0.15) is 13.2 Å². The van der Waals surface area contributed by atoms with E-state index >= 15 is 0 Å². The molecule has 1 aromatic heterocycles. The second-order valence-corrected chi connectivity index (χ2v) is 6.58. The first kappa shape index (κ1) is 14.7. The van der Waals surface area contributed by atoms with Gasteiger partial charge in [-0.25, -0.2) is 0 Å². The van der Waals surface area contributed by atoms with Crippen LogP contribution in [0.4, 0.5) is 18.9 Å². The van der Waals surface area contributed by atoms with Crippen molar-refractivity contribution in [1.82, 2.24) is 0 Å². The van der Waals surface area contributed by atoms with Crippen LogP contribution in [-0.4, -0.2) is 0 Å². The van der Waals surface area contributed by atoms with E-state index < -0.39 is 11.7 Å². The van der Waals surface area contributed by atoms with E-state index in [-0.39, 0.29) is 16.8 Å². The van der Waals surface area contributed by atoms with Crippen molar-refractivity contribution in [2.45, 2.75) is 25.1 Å². The summed E-state index contributed by atoms with van der Waals surface area (Å²) in [7, 11) is 0. The van der Waals surface area contributed by atoms with Crippen LogP contribution in [0.15, 0.2) is 35.7 Å². The van der Waals surface area contributed by atoms with Gasteiger partial charge in [0.05, 0.1) is 11.6 Å². The maximum Gasteiger partial charge on any atom is 0.418 e. The van der Waals surface area contributed by atoms with Gasteiger partial charge in [-0.1, -0.05) is 17.7 Å². The third kappa shape index (κ3) is 3.35. The van der Waals surface area contributed by atoms with Crippen LogP contribution >= 0.6 is 22.9 Å². The third-order valence-electron chi connectivity index (χ3n) is 3.54. The summed E-state index contributed by atoms with van der Waals surface area (Å²) in [5, 5.41) is 5.11. The molecule has 1 N–H and O–H groups in total. The highest BCUT2D eigenvalue weighted by molar-refractivity contribution is 7.10. The van der Waals surface area contributed by atoms with Crippen molar-refractivity contribution >= 4 is 28.6 Å². The predicted octanol–water partition coefficient (Wildman–Crippen LogP) is 5.98. The Labute approximate surface area is 129 Å². The summed E-state index contributed by atoms with van der Waals surface area (Å²) in [6.07, 6.45) is -2.33. The second-order valence-electron chi connectivity index (χ2n) is 5.16. The first-order chi connectivity index (χ1) is 9.95. The highest BCUT2D eigenvalue weighted by Gasteiger charge is 2.37. The molecule has 0 bridgehead atoms. The van der Waals surface area contributed by atoms with E-state index in [0.29, 0.717) is 5.92 Å². The van der Waals surface area contributed by atoms with E-state index in [0.717, 1.165) is 23.8 Å². The molecule has 1 saturated carbocycles. The van der Waals surface area contributed by atoms with E-state index in [1.807, 2.05) is 17.5 Å². The zero-order valence-corrected chi connectivity index (χ0v) is 12.5. The van der Waals surface area contributed by atoms with Gasteiger partial charge < -0.3 is 5.32 Å². The number of hydrogen-bond donors (Lipinski definition) is 1. The molecule has 0 amide bonds. The fourth-order valence-electron chi connectivity index (χ4n) is 2.36. The van der Waals surface area contributed by atoms with E-state index in [4.69, 9.17) is 11.6 Å². The van der Waals surface area contributed by atoms with Gasteiger partial charge in [0.25, 0.3) is 0 Å². The van der Waals surface area contributed by atoms with Crippen LogP contribution in [0, 0.1) is 5.92 Å². The number of hydrogen-bond acceptors (Lipinski definition) is 2. The van der Waals surface area contributed by atoms with Gasteiger partial charge in [0.15, 0.2) is 0 Å². The molecule has 6 heteroatoms. The number of benzene rings is 1. The fourth-order valence-corrected chi connectivity index (χ4v) is 3.40. The lowest BCUT2D eigenvalue weighted by molar-refractivity contribution is -0.137. The van der Waals surface area contributed by atoms with E-state index in [1.54, 1.807) is 11.3 Å². The van der Waals surface area contributed by atoms with Crippen molar-refractivity contribution < 1.29 is 13.2 Å². The highest BCUT2D eigenvalue weighted by atomic mass is 35.5. The molecular formula is C15H13ClF3NS. The molecule has 1 unspecified atom stereocenters. The monoisotopic (exact) mass is 331 g/mol. The summed E-state index contributed by atoms with van der Waals surface area (Å²) in [6.45, 7) is 0. The van der Waals surface area contributed by atoms with Crippen LogP contribution in [0.3, 0.4) is 0 Å². The van der Waals surface area contributed by atoms with Crippen molar-refractivity contribution in [3.8, 4) is 0 Å². The molecular weight excluding hydrogens is 319 g/mol. The standard InChI is InChI=1S/C15H13ClF3NS/c16-10-5-6-12(11(8-10)15(17,18)19)20-14(9-3-4-9)13-2-1-7-21-13/h1-2,5-9,14,20H,3-4H2. The third-order valence-corrected chi connectivity index (χ3v) is 4.73. The molecule has 1 nitrogen and oxygen atoms in total. The van der Waals surface area contributed by atoms with Gasteiger partial charge in [-0.15, -0.1) is 11.3 Å². The van der Waals surface area contributed by atoms with Gasteiger partial charge in [-0.3, -0.25) is 0 Å². The zero-order valence-electron chi connectivity index (χ0n) is 11.0. The first-order valence-electron chi connectivity index (χ1n) is 6.62. The Morgan fingerprint density at radius 1 is 1.24 bits per heavy atom. The molecule has 112 valence electrons. The van der Waals surface area contributed by atoms with Gasteiger partial charge >= 0.3 is 6.18 Å². The molecule has 1 aromatic carbocycles. The maximum atomic E-state index is 13.1. The van der Waals surface area contributed by atoms with Crippen LogP contribution in [0.25, 0.3) is 0 Å². The maximum absolute atomic E-state index is 13.1. The van der Waals surface area contributed by atoms with Crippen molar-refractivity contribution in [3.63, 3.8) is 0 Å². The van der Waals surface area contributed by atoms with Gasteiger partial charge in [-0.05, 0) is 48.4 Å². The van der Waals surface area contributed by atoms with Crippen molar-refractivity contribution in [1.29, 1.82) is 0 Å². The van der Waals surface area contributed by atoms with E-state index in [2.05, 4.69) is 5.32 Å². The number of thiophene rings is 1. The van der Waals surface area contributed by atoms with Crippen molar-refractivity contribution in [3.05, 3.63) is 51.2 Å². The Balaban J connectivity index is 1.93. The SMILES string of the molecule is FC(F)(F)c1cc(Cl)ccc1NC(c1cccs1)C1CC1. The average Bonchev–Trinajstić information content (AvgIpc) is 3.10. The quantitative estimate of drug-likeness (QED) is 0.726. The minimum Gasteiger partial charge on any atom is -0.377 e. The lowest BCUT2D eigenvalue weighted by atomic mass is 10.1. The molecule has 1 heterocycles. The lowest BCUT2D eigenvalue weighted by Gasteiger charge is -2.21. The smallest absolute Gasteiger partial charge is 0.377 e. The predicted molar refractivity (Wildman–Crippen MR) is 79.9 cm³/mol. The number of alkyl halides is 3. The van der Waals surface area contributed by atoms with Crippen LogP contribution in [0.5, 0.6) is 0 Å². The minimum absolute atomic E-state index is 0.0627. The molecule has 2 aromatic rings. The molecule has 3 rings (SSSR count). The lowest BCUT2D eigenvalue weighted by Crippen LogP contribution is -2.16. The number of rotatable bonds is 4. The van der Waals surface area contributed by atoms with Crippen LogP contribution in [-0.2, 0) is 6.18 Å². The van der Waals surface area contributed by atoms with Crippen LogP contribution < -0.4 is 5.32 Å². The Bertz CT molecular complexity index is 620. The van der Waals surface area contributed by atoms with E-state index in [1.165, 1.54) is 12.1 Å². The summed E-state index contributed by atoms with van der Waals surface area (Å²) in [4.78, 5) is 1.07. The molecule has 0 saturated heterocycles. The van der Waals surface area contributed by atoms with Crippen LogP contribution in [0.2, 0.25) is 5.02 Å². The molecule has 0 spiro atoms. The van der Waals surface area contributed by atoms with Crippen LogP contribution in [0.1, 0.15) is 29.3 Å². The Hall–Kier alpha value is -1.20. The molecule has 21 heavy (non-hydrogen) atoms. The van der Waals surface area contributed by atoms with Crippen molar-refractivity contribution in [2.24, 2.45) is 5.92 Å². The number of nitrogens with one attached hydrogen (secondary N) is 1. The topological polar surface area (TPSA) is 12.0 Å². The second kappa shape index (κ2) is 5.54. The minimum atomic E-state index is -4.42. The largest absolute Gasteiger partial charge is 0.418 e. The van der Waals surface area contributed by atoms with Crippen molar-refractivity contribution in [2.75, 3.05) is 5.32 Å². The fraction of sp³-hybridized carbons (Fsp3) is 0.333.